The van der Waals surface area contributed by atoms with Gasteiger partial charge >= 0.3 is 6.03 Å². The standard InChI is InChI=1S/C22H23N3O5/c26-21(19-2-1-9-28-19)23-16-4-3-14-7-8-25(12-15(14)10-16)22(27)24-17-5-6-18-20(11-17)30-13-29-18/h3-6,10-11,19H,1-2,7-9,12-13H2,(H,23,26)(H,24,27). The number of nitrogens with one attached hydrogen (secondary N) is 2. The predicted molar refractivity (Wildman–Crippen MR) is 110 cm³/mol. The molecule has 8 heteroatoms. The quantitative estimate of drug-likeness (QED) is 0.813. The molecule has 3 amide bonds. The number of carbonyl (C=O) groups is 2. The van der Waals surface area contributed by atoms with Gasteiger partial charge in [-0.05, 0) is 54.7 Å². The minimum atomic E-state index is -0.370. The molecule has 156 valence electrons. The molecule has 0 aliphatic carbocycles. The molecule has 2 aromatic rings. The molecule has 0 bridgehead atoms. The Bertz CT molecular complexity index is 987. The minimum Gasteiger partial charge on any atom is -0.454 e. The molecule has 1 atom stereocenters. The molecule has 8 nitrogen and oxygen atoms in total. The molecular formula is C22H23N3O5. The maximum atomic E-state index is 12.8. The normalized spacial score (nSPS) is 19.3. The van der Waals surface area contributed by atoms with Gasteiger partial charge in [-0.1, -0.05) is 6.07 Å². The number of carbonyl (C=O) groups excluding carboxylic acids is 2. The molecule has 2 N–H and O–H groups in total. The molecule has 30 heavy (non-hydrogen) atoms. The molecule has 0 saturated carbocycles. The Hall–Kier alpha value is -3.26. The van der Waals surface area contributed by atoms with Crippen LogP contribution in [0.25, 0.3) is 0 Å². The van der Waals surface area contributed by atoms with E-state index in [4.69, 9.17) is 14.2 Å². The Morgan fingerprint density at radius 3 is 2.67 bits per heavy atom. The first-order valence-electron chi connectivity index (χ1n) is 10.2. The van der Waals surface area contributed by atoms with Crippen LogP contribution in [0, 0.1) is 0 Å². The number of hydrogen-bond donors (Lipinski definition) is 2. The van der Waals surface area contributed by atoms with Gasteiger partial charge in [0.2, 0.25) is 6.79 Å². The van der Waals surface area contributed by atoms with Crippen LogP contribution in [0.5, 0.6) is 11.5 Å². The van der Waals surface area contributed by atoms with Crippen molar-refractivity contribution < 1.29 is 23.8 Å². The van der Waals surface area contributed by atoms with E-state index in [9.17, 15) is 9.59 Å². The highest BCUT2D eigenvalue weighted by Gasteiger charge is 2.25. The van der Waals surface area contributed by atoms with E-state index in [1.807, 2.05) is 18.2 Å². The summed E-state index contributed by atoms with van der Waals surface area (Å²) in [5.41, 5.74) is 3.62. The van der Waals surface area contributed by atoms with E-state index < -0.39 is 0 Å². The monoisotopic (exact) mass is 409 g/mol. The summed E-state index contributed by atoms with van der Waals surface area (Å²) in [7, 11) is 0. The number of benzene rings is 2. The fourth-order valence-corrected chi connectivity index (χ4v) is 3.99. The Morgan fingerprint density at radius 1 is 0.967 bits per heavy atom. The zero-order valence-corrected chi connectivity index (χ0v) is 16.5. The molecule has 2 aromatic carbocycles. The number of hydrogen-bond acceptors (Lipinski definition) is 5. The van der Waals surface area contributed by atoms with Crippen molar-refractivity contribution >= 4 is 23.3 Å². The molecule has 3 aliphatic heterocycles. The third-order valence-electron chi connectivity index (χ3n) is 5.62. The SMILES string of the molecule is O=C(Nc1ccc2c(c1)CN(C(=O)Nc1ccc3c(c1)OCO3)CC2)C1CCCO1. The van der Waals surface area contributed by atoms with Gasteiger partial charge in [0.15, 0.2) is 11.5 Å². The van der Waals surface area contributed by atoms with Crippen molar-refractivity contribution in [1.82, 2.24) is 4.90 Å². The van der Waals surface area contributed by atoms with Gasteiger partial charge in [0, 0.05) is 37.1 Å². The van der Waals surface area contributed by atoms with Crippen LogP contribution in [0.3, 0.4) is 0 Å². The number of urea groups is 1. The predicted octanol–water partition coefficient (Wildman–Crippen LogP) is 3.12. The van der Waals surface area contributed by atoms with Crippen LogP contribution in [0.4, 0.5) is 16.2 Å². The Labute approximate surface area is 174 Å². The lowest BCUT2D eigenvalue weighted by atomic mass is 9.99. The third kappa shape index (κ3) is 3.78. The second-order valence-corrected chi connectivity index (χ2v) is 7.64. The van der Waals surface area contributed by atoms with E-state index in [-0.39, 0.29) is 24.8 Å². The fourth-order valence-electron chi connectivity index (χ4n) is 3.99. The van der Waals surface area contributed by atoms with Crippen LogP contribution < -0.4 is 20.1 Å². The van der Waals surface area contributed by atoms with E-state index >= 15 is 0 Å². The van der Waals surface area contributed by atoms with Crippen molar-refractivity contribution in [1.29, 1.82) is 0 Å². The number of amides is 3. The summed E-state index contributed by atoms with van der Waals surface area (Å²) < 4.78 is 16.1. The molecule has 0 spiro atoms. The minimum absolute atomic E-state index is 0.110. The molecular weight excluding hydrogens is 386 g/mol. The van der Waals surface area contributed by atoms with Gasteiger partial charge in [-0.2, -0.15) is 0 Å². The van der Waals surface area contributed by atoms with E-state index in [2.05, 4.69) is 10.6 Å². The second-order valence-electron chi connectivity index (χ2n) is 7.64. The summed E-state index contributed by atoms with van der Waals surface area (Å²) in [5.74, 6) is 1.20. The average molecular weight is 409 g/mol. The molecule has 3 heterocycles. The van der Waals surface area contributed by atoms with E-state index in [0.29, 0.717) is 36.9 Å². The first-order chi connectivity index (χ1) is 14.7. The van der Waals surface area contributed by atoms with Crippen LogP contribution >= 0.6 is 0 Å². The van der Waals surface area contributed by atoms with Gasteiger partial charge < -0.3 is 29.7 Å². The Morgan fingerprint density at radius 2 is 1.80 bits per heavy atom. The van der Waals surface area contributed by atoms with Crippen LogP contribution in [-0.2, 0) is 22.5 Å². The van der Waals surface area contributed by atoms with E-state index in [0.717, 1.165) is 30.5 Å². The zero-order chi connectivity index (χ0) is 20.5. The molecule has 0 aromatic heterocycles. The Balaban J connectivity index is 1.24. The van der Waals surface area contributed by atoms with E-state index in [1.54, 1.807) is 23.1 Å². The summed E-state index contributed by atoms with van der Waals surface area (Å²) >= 11 is 0. The molecule has 3 aliphatic rings. The number of nitrogens with zero attached hydrogens (tertiary/aromatic N) is 1. The number of ether oxygens (including phenoxy) is 3. The van der Waals surface area contributed by atoms with Gasteiger partial charge in [-0.3, -0.25) is 4.79 Å². The van der Waals surface area contributed by atoms with Crippen LogP contribution in [0.2, 0.25) is 0 Å². The van der Waals surface area contributed by atoms with Crippen molar-refractivity contribution in [2.24, 2.45) is 0 Å². The molecule has 5 rings (SSSR count). The average Bonchev–Trinajstić information content (AvgIpc) is 3.45. The number of anilines is 2. The third-order valence-corrected chi connectivity index (χ3v) is 5.62. The Kier molecular flexibility index (Phi) is 4.92. The molecule has 1 saturated heterocycles. The first-order valence-corrected chi connectivity index (χ1v) is 10.2. The summed E-state index contributed by atoms with van der Waals surface area (Å²) in [6.07, 6.45) is 2.06. The fraction of sp³-hybridized carbons (Fsp3) is 0.364. The maximum absolute atomic E-state index is 12.8. The molecule has 0 radical (unpaired) electrons. The lowest BCUT2D eigenvalue weighted by molar-refractivity contribution is -0.124. The zero-order valence-electron chi connectivity index (χ0n) is 16.5. The van der Waals surface area contributed by atoms with Crippen LogP contribution in [0.15, 0.2) is 36.4 Å². The smallest absolute Gasteiger partial charge is 0.322 e. The van der Waals surface area contributed by atoms with Gasteiger partial charge in [0.05, 0.1) is 0 Å². The number of fused-ring (bicyclic) bond motifs is 2. The van der Waals surface area contributed by atoms with Gasteiger partial charge in [0.25, 0.3) is 5.91 Å². The highest BCUT2D eigenvalue weighted by Crippen LogP contribution is 2.34. The lowest BCUT2D eigenvalue weighted by Gasteiger charge is -2.29. The van der Waals surface area contributed by atoms with Crippen molar-refractivity contribution in [3.8, 4) is 11.5 Å². The van der Waals surface area contributed by atoms with Crippen molar-refractivity contribution in [2.45, 2.75) is 31.9 Å². The highest BCUT2D eigenvalue weighted by atomic mass is 16.7. The van der Waals surface area contributed by atoms with Crippen LogP contribution in [-0.4, -0.2) is 42.9 Å². The summed E-state index contributed by atoms with van der Waals surface area (Å²) in [6.45, 7) is 1.94. The summed E-state index contributed by atoms with van der Waals surface area (Å²) in [5, 5.41) is 5.85. The maximum Gasteiger partial charge on any atom is 0.322 e. The van der Waals surface area contributed by atoms with Crippen molar-refractivity contribution in [3.63, 3.8) is 0 Å². The summed E-state index contributed by atoms with van der Waals surface area (Å²) in [6, 6.07) is 11.0. The topological polar surface area (TPSA) is 89.1 Å². The lowest BCUT2D eigenvalue weighted by Crippen LogP contribution is -2.39. The van der Waals surface area contributed by atoms with Gasteiger partial charge in [0.1, 0.15) is 6.10 Å². The molecule has 1 unspecified atom stereocenters. The van der Waals surface area contributed by atoms with Crippen molar-refractivity contribution in [2.75, 3.05) is 30.6 Å². The largest absolute Gasteiger partial charge is 0.454 e. The van der Waals surface area contributed by atoms with Crippen molar-refractivity contribution in [3.05, 3.63) is 47.5 Å². The van der Waals surface area contributed by atoms with Gasteiger partial charge in [-0.15, -0.1) is 0 Å². The second kappa shape index (κ2) is 7.87. The van der Waals surface area contributed by atoms with Crippen LogP contribution in [0.1, 0.15) is 24.0 Å². The number of rotatable bonds is 3. The van der Waals surface area contributed by atoms with Gasteiger partial charge in [-0.25, -0.2) is 4.79 Å². The summed E-state index contributed by atoms with van der Waals surface area (Å²) in [4.78, 5) is 26.8. The highest BCUT2D eigenvalue weighted by molar-refractivity contribution is 5.94. The first kappa shape index (κ1) is 18.7. The van der Waals surface area contributed by atoms with E-state index in [1.165, 1.54) is 5.56 Å². The molecule has 1 fully saturated rings.